The minimum absolute atomic E-state index is 0. The first-order chi connectivity index (χ1) is 9.98. The predicted molar refractivity (Wildman–Crippen MR) is 91.6 cm³/mol. The summed E-state index contributed by atoms with van der Waals surface area (Å²) in [6, 6.07) is 6.71. The molecule has 0 spiro atoms. The molecule has 0 fully saturated rings. The van der Waals surface area contributed by atoms with E-state index >= 15 is 0 Å². The molecule has 0 aliphatic carbocycles. The van der Waals surface area contributed by atoms with Crippen molar-refractivity contribution in [2.45, 2.75) is 52.0 Å². The first kappa shape index (κ1) is 20.9. The van der Waals surface area contributed by atoms with Crippen molar-refractivity contribution in [3.63, 3.8) is 0 Å². The van der Waals surface area contributed by atoms with Crippen LogP contribution in [-0.2, 0) is 11.2 Å². The van der Waals surface area contributed by atoms with E-state index in [-0.39, 0.29) is 35.6 Å². The summed E-state index contributed by atoms with van der Waals surface area (Å²) in [4.78, 5) is 12.3. The Bertz CT molecular complexity index is 455. The molecule has 0 aliphatic heterocycles. The van der Waals surface area contributed by atoms with E-state index in [1.807, 2.05) is 26.8 Å². The van der Waals surface area contributed by atoms with E-state index in [0.717, 1.165) is 12.8 Å². The molecule has 0 aliphatic rings. The van der Waals surface area contributed by atoms with Crippen LogP contribution in [0.4, 0.5) is 4.39 Å². The van der Waals surface area contributed by atoms with Crippen LogP contribution in [-0.4, -0.2) is 18.0 Å². The molecule has 1 atom stereocenters. The van der Waals surface area contributed by atoms with Gasteiger partial charge in [-0.3, -0.25) is 4.79 Å². The van der Waals surface area contributed by atoms with Gasteiger partial charge < -0.3 is 11.1 Å². The van der Waals surface area contributed by atoms with Crippen LogP contribution >= 0.6 is 12.4 Å². The smallest absolute Gasteiger partial charge is 0.223 e. The summed E-state index contributed by atoms with van der Waals surface area (Å²) in [7, 11) is 0. The second-order valence-corrected chi connectivity index (χ2v) is 5.71. The van der Waals surface area contributed by atoms with E-state index in [2.05, 4.69) is 5.32 Å². The average Bonchev–Trinajstić information content (AvgIpc) is 2.51. The number of nitrogens with two attached hydrogens (primary N) is 1. The lowest BCUT2D eigenvalue weighted by Crippen LogP contribution is -2.54. The third-order valence-corrected chi connectivity index (χ3v) is 4.38. The lowest BCUT2D eigenvalue weighted by atomic mass is 9.91. The Labute approximate surface area is 139 Å². The Balaban J connectivity index is 0.00000441. The zero-order valence-corrected chi connectivity index (χ0v) is 14.5. The summed E-state index contributed by atoms with van der Waals surface area (Å²) < 4.78 is 13.6. The monoisotopic (exact) mass is 330 g/mol. The van der Waals surface area contributed by atoms with Crippen molar-refractivity contribution in [2.24, 2.45) is 11.7 Å². The average molecular weight is 331 g/mol. The van der Waals surface area contributed by atoms with Crippen molar-refractivity contribution < 1.29 is 9.18 Å². The van der Waals surface area contributed by atoms with Crippen molar-refractivity contribution in [1.82, 2.24) is 5.32 Å². The summed E-state index contributed by atoms with van der Waals surface area (Å²) in [5.41, 5.74) is 6.14. The topological polar surface area (TPSA) is 55.1 Å². The standard InChI is InChI=1S/C17H27FN2O.ClH/c1-4-17(5-2,12-19)20-16(21)13(3)10-11-14-8-6-7-9-15(14)18;/h6-9,13H,4-5,10-12,19H2,1-3H3,(H,20,21);1H. The van der Waals surface area contributed by atoms with E-state index in [1.165, 1.54) is 6.07 Å². The van der Waals surface area contributed by atoms with Gasteiger partial charge in [-0.2, -0.15) is 0 Å². The Hall–Kier alpha value is -1.13. The second kappa shape index (κ2) is 9.80. The highest BCUT2D eigenvalue weighted by Gasteiger charge is 2.28. The molecule has 1 amide bonds. The van der Waals surface area contributed by atoms with Gasteiger partial charge in [0, 0.05) is 12.5 Å². The third-order valence-electron chi connectivity index (χ3n) is 4.38. The molecule has 22 heavy (non-hydrogen) atoms. The fraction of sp³-hybridized carbons (Fsp3) is 0.588. The lowest BCUT2D eigenvalue weighted by Gasteiger charge is -2.32. The van der Waals surface area contributed by atoms with Crippen LogP contribution in [0.1, 0.15) is 45.6 Å². The number of hydrogen-bond acceptors (Lipinski definition) is 2. The van der Waals surface area contributed by atoms with E-state index < -0.39 is 0 Å². The minimum Gasteiger partial charge on any atom is -0.349 e. The molecule has 0 bridgehead atoms. The molecule has 0 aromatic heterocycles. The molecule has 3 N–H and O–H groups in total. The summed E-state index contributed by atoms with van der Waals surface area (Å²) >= 11 is 0. The van der Waals surface area contributed by atoms with Crippen LogP contribution in [0, 0.1) is 11.7 Å². The summed E-state index contributed by atoms with van der Waals surface area (Å²) in [5.74, 6) is -0.363. The highest BCUT2D eigenvalue weighted by atomic mass is 35.5. The van der Waals surface area contributed by atoms with Crippen LogP contribution in [0.5, 0.6) is 0 Å². The maximum atomic E-state index is 13.6. The Kier molecular flexibility index (Phi) is 9.30. The van der Waals surface area contributed by atoms with Gasteiger partial charge in [0.25, 0.3) is 0 Å². The van der Waals surface area contributed by atoms with Gasteiger partial charge in [-0.25, -0.2) is 4.39 Å². The molecule has 1 unspecified atom stereocenters. The van der Waals surface area contributed by atoms with E-state index in [1.54, 1.807) is 12.1 Å². The highest BCUT2D eigenvalue weighted by Crippen LogP contribution is 2.17. The largest absolute Gasteiger partial charge is 0.349 e. The number of carbonyl (C=O) groups is 1. The van der Waals surface area contributed by atoms with Crippen molar-refractivity contribution in [3.8, 4) is 0 Å². The number of halogens is 2. The van der Waals surface area contributed by atoms with Gasteiger partial charge in [-0.05, 0) is 37.3 Å². The second-order valence-electron chi connectivity index (χ2n) is 5.71. The van der Waals surface area contributed by atoms with Crippen LogP contribution < -0.4 is 11.1 Å². The van der Waals surface area contributed by atoms with Gasteiger partial charge >= 0.3 is 0 Å². The fourth-order valence-corrected chi connectivity index (χ4v) is 2.36. The fourth-order valence-electron chi connectivity index (χ4n) is 2.36. The van der Waals surface area contributed by atoms with E-state index in [9.17, 15) is 9.18 Å². The highest BCUT2D eigenvalue weighted by molar-refractivity contribution is 5.85. The van der Waals surface area contributed by atoms with Gasteiger partial charge in [0.2, 0.25) is 5.91 Å². The number of amides is 1. The van der Waals surface area contributed by atoms with Gasteiger partial charge in [-0.1, -0.05) is 39.0 Å². The number of nitrogens with one attached hydrogen (secondary N) is 1. The van der Waals surface area contributed by atoms with Crippen LogP contribution in [0.3, 0.4) is 0 Å². The maximum absolute atomic E-state index is 13.6. The molecular formula is C17H28ClFN2O. The van der Waals surface area contributed by atoms with Crippen LogP contribution in [0.25, 0.3) is 0 Å². The van der Waals surface area contributed by atoms with Gasteiger partial charge in [0.15, 0.2) is 0 Å². The molecule has 1 aromatic carbocycles. The van der Waals surface area contributed by atoms with Crippen molar-refractivity contribution in [1.29, 1.82) is 0 Å². The minimum atomic E-state index is -0.316. The zero-order valence-electron chi connectivity index (χ0n) is 13.7. The number of rotatable bonds is 8. The molecule has 0 radical (unpaired) electrons. The third kappa shape index (κ3) is 5.58. The van der Waals surface area contributed by atoms with Gasteiger partial charge in [0.1, 0.15) is 5.82 Å². The number of hydrogen-bond donors (Lipinski definition) is 2. The molecule has 1 aromatic rings. The van der Waals surface area contributed by atoms with Crippen molar-refractivity contribution in [2.75, 3.05) is 6.54 Å². The Morgan fingerprint density at radius 2 is 1.91 bits per heavy atom. The Morgan fingerprint density at radius 1 is 1.32 bits per heavy atom. The van der Waals surface area contributed by atoms with Crippen molar-refractivity contribution in [3.05, 3.63) is 35.6 Å². The molecule has 0 saturated carbocycles. The normalized spacial score (nSPS) is 12.4. The summed E-state index contributed by atoms with van der Waals surface area (Å²) in [5, 5.41) is 3.07. The molecule has 0 saturated heterocycles. The maximum Gasteiger partial charge on any atom is 0.223 e. The summed E-state index contributed by atoms with van der Waals surface area (Å²) in [6.45, 7) is 6.37. The molecular weight excluding hydrogens is 303 g/mol. The van der Waals surface area contributed by atoms with Crippen LogP contribution in [0.15, 0.2) is 24.3 Å². The quantitative estimate of drug-likeness (QED) is 0.767. The first-order valence-electron chi connectivity index (χ1n) is 7.73. The van der Waals surface area contributed by atoms with E-state index in [0.29, 0.717) is 24.9 Å². The number of carbonyl (C=O) groups excluding carboxylic acids is 1. The van der Waals surface area contributed by atoms with Gasteiger partial charge in [0.05, 0.1) is 5.54 Å². The predicted octanol–water partition coefficient (Wildman–Crippen LogP) is 3.45. The first-order valence-corrected chi connectivity index (χ1v) is 7.73. The number of benzene rings is 1. The van der Waals surface area contributed by atoms with E-state index in [4.69, 9.17) is 5.73 Å². The molecule has 126 valence electrons. The lowest BCUT2D eigenvalue weighted by molar-refractivity contribution is -0.126. The number of aryl methyl sites for hydroxylation is 1. The molecule has 5 heteroatoms. The van der Waals surface area contributed by atoms with Crippen LogP contribution in [0.2, 0.25) is 0 Å². The van der Waals surface area contributed by atoms with Gasteiger partial charge in [-0.15, -0.1) is 12.4 Å². The molecule has 3 nitrogen and oxygen atoms in total. The molecule has 0 heterocycles. The zero-order chi connectivity index (χ0) is 15.9. The molecule has 1 rings (SSSR count). The van der Waals surface area contributed by atoms with Crippen molar-refractivity contribution >= 4 is 18.3 Å². The SMILES string of the molecule is CCC(CC)(CN)NC(=O)C(C)CCc1ccccc1F.Cl. The Morgan fingerprint density at radius 3 is 2.41 bits per heavy atom. The summed E-state index contributed by atoms with van der Waals surface area (Å²) in [6.07, 6.45) is 2.81.